The molecule has 6 heteroatoms. The molecule has 0 aliphatic carbocycles. The van der Waals surface area contributed by atoms with E-state index in [1.54, 1.807) is 0 Å². The van der Waals surface area contributed by atoms with Gasteiger partial charge in [-0.1, -0.05) is 50.2 Å². The normalized spacial score (nSPS) is 15.1. The molecule has 0 saturated carbocycles. The maximum Gasteiger partial charge on any atom is 0.234 e. The molecule has 1 aromatic heterocycles. The number of nitrogen functional groups attached to an aromatic ring is 1. The number of hydrogen-bond acceptors (Lipinski definition) is 4. The first-order valence-electron chi connectivity index (χ1n) is 12.0. The Labute approximate surface area is 196 Å². The van der Waals surface area contributed by atoms with Crippen LogP contribution in [0, 0.1) is 5.92 Å². The number of carbonyl (C=O) groups excluding carboxylic acids is 1. The van der Waals surface area contributed by atoms with E-state index in [9.17, 15) is 4.79 Å². The summed E-state index contributed by atoms with van der Waals surface area (Å²) in [7, 11) is 0. The molecule has 2 aromatic carbocycles. The number of likely N-dealkylation sites (tertiary alicyclic amines) is 1. The molecule has 33 heavy (non-hydrogen) atoms. The Morgan fingerprint density at radius 2 is 1.79 bits per heavy atom. The molecule has 6 nitrogen and oxygen atoms in total. The molecule has 4 rings (SSSR count). The lowest BCUT2D eigenvalue weighted by Gasteiger charge is -2.32. The molecular formula is C27H35N5O. The van der Waals surface area contributed by atoms with Crippen molar-refractivity contribution in [1.29, 1.82) is 0 Å². The SMILES string of the molecule is CC(C)Cc1cc(CNC(=O)CN2CCC(c3ccccc3N)CC2)nn1-c1ccccc1. The summed E-state index contributed by atoms with van der Waals surface area (Å²) in [6, 6.07) is 20.4. The minimum atomic E-state index is 0.0485. The van der Waals surface area contributed by atoms with Crippen LogP contribution in [0.5, 0.6) is 0 Å². The van der Waals surface area contributed by atoms with Crippen LogP contribution >= 0.6 is 0 Å². The van der Waals surface area contributed by atoms with Gasteiger partial charge in [-0.25, -0.2) is 4.68 Å². The Morgan fingerprint density at radius 1 is 1.09 bits per heavy atom. The summed E-state index contributed by atoms with van der Waals surface area (Å²) in [6.07, 6.45) is 3.00. The van der Waals surface area contributed by atoms with E-state index in [1.165, 1.54) is 11.3 Å². The van der Waals surface area contributed by atoms with Gasteiger partial charge >= 0.3 is 0 Å². The first kappa shape index (κ1) is 23.1. The summed E-state index contributed by atoms with van der Waals surface area (Å²) < 4.78 is 2.00. The van der Waals surface area contributed by atoms with Gasteiger partial charge in [-0.05, 0) is 74.0 Å². The molecule has 1 fully saturated rings. The van der Waals surface area contributed by atoms with E-state index in [-0.39, 0.29) is 5.91 Å². The topological polar surface area (TPSA) is 76.2 Å². The van der Waals surface area contributed by atoms with E-state index >= 15 is 0 Å². The lowest BCUT2D eigenvalue weighted by molar-refractivity contribution is -0.122. The number of amides is 1. The van der Waals surface area contributed by atoms with Gasteiger partial charge in [0.15, 0.2) is 0 Å². The fourth-order valence-electron chi connectivity index (χ4n) is 4.65. The second-order valence-corrected chi connectivity index (χ2v) is 9.43. The maximum absolute atomic E-state index is 12.6. The molecule has 1 amide bonds. The van der Waals surface area contributed by atoms with Crippen molar-refractivity contribution in [3.63, 3.8) is 0 Å². The summed E-state index contributed by atoms with van der Waals surface area (Å²) in [5.41, 5.74) is 11.4. The molecule has 1 aliphatic rings. The van der Waals surface area contributed by atoms with Crippen molar-refractivity contribution < 1.29 is 4.79 Å². The van der Waals surface area contributed by atoms with Crippen LogP contribution in [0.25, 0.3) is 5.69 Å². The zero-order valence-corrected chi connectivity index (χ0v) is 19.7. The minimum absolute atomic E-state index is 0.0485. The lowest BCUT2D eigenvalue weighted by Crippen LogP contribution is -2.41. The van der Waals surface area contributed by atoms with Crippen LogP contribution in [0.2, 0.25) is 0 Å². The third-order valence-corrected chi connectivity index (χ3v) is 6.31. The van der Waals surface area contributed by atoms with Crippen molar-refractivity contribution in [2.45, 2.75) is 45.6 Å². The van der Waals surface area contributed by atoms with Crippen LogP contribution in [0.4, 0.5) is 5.69 Å². The second kappa shape index (κ2) is 10.7. The number of aromatic nitrogens is 2. The van der Waals surface area contributed by atoms with Crippen LogP contribution in [-0.4, -0.2) is 40.2 Å². The number of para-hydroxylation sites is 2. The summed E-state index contributed by atoms with van der Waals surface area (Å²) in [5, 5.41) is 7.85. The standard InChI is InChI=1S/C27H35N5O/c1-20(2)16-24-17-22(30-32(24)23-8-4-3-5-9-23)18-29-27(33)19-31-14-12-21(13-15-31)25-10-6-7-11-26(25)28/h3-11,17,20-21H,12-16,18-19,28H2,1-2H3,(H,29,33). The van der Waals surface area contributed by atoms with E-state index in [0.717, 1.165) is 49.4 Å². The number of anilines is 1. The van der Waals surface area contributed by atoms with E-state index in [0.29, 0.717) is 24.9 Å². The van der Waals surface area contributed by atoms with E-state index in [2.05, 4.69) is 54.4 Å². The largest absolute Gasteiger partial charge is 0.398 e. The number of hydrogen-bond donors (Lipinski definition) is 2. The predicted octanol–water partition coefficient (Wildman–Crippen LogP) is 4.15. The average molecular weight is 446 g/mol. The van der Waals surface area contributed by atoms with Gasteiger partial charge in [0, 0.05) is 11.4 Å². The van der Waals surface area contributed by atoms with Crippen molar-refractivity contribution in [3.8, 4) is 5.69 Å². The number of benzene rings is 2. The highest BCUT2D eigenvalue weighted by atomic mass is 16.2. The van der Waals surface area contributed by atoms with E-state index in [4.69, 9.17) is 10.8 Å². The molecule has 0 unspecified atom stereocenters. The quantitative estimate of drug-likeness (QED) is 0.511. The minimum Gasteiger partial charge on any atom is -0.398 e. The van der Waals surface area contributed by atoms with Crippen molar-refractivity contribution >= 4 is 11.6 Å². The monoisotopic (exact) mass is 445 g/mol. The molecule has 0 radical (unpaired) electrons. The molecular weight excluding hydrogens is 410 g/mol. The van der Waals surface area contributed by atoms with Crippen molar-refractivity contribution in [2.75, 3.05) is 25.4 Å². The van der Waals surface area contributed by atoms with Crippen LogP contribution < -0.4 is 11.1 Å². The highest BCUT2D eigenvalue weighted by Crippen LogP contribution is 2.31. The van der Waals surface area contributed by atoms with Crippen LogP contribution in [-0.2, 0) is 17.8 Å². The number of carbonyl (C=O) groups is 1. The third-order valence-electron chi connectivity index (χ3n) is 6.31. The van der Waals surface area contributed by atoms with Gasteiger partial charge in [0.2, 0.25) is 5.91 Å². The van der Waals surface area contributed by atoms with Crippen LogP contribution in [0.15, 0.2) is 60.7 Å². The zero-order valence-electron chi connectivity index (χ0n) is 19.7. The van der Waals surface area contributed by atoms with Gasteiger partial charge in [-0.15, -0.1) is 0 Å². The average Bonchev–Trinajstić information content (AvgIpc) is 3.21. The summed E-state index contributed by atoms with van der Waals surface area (Å²) in [6.45, 7) is 7.11. The van der Waals surface area contributed by atoms with Gasteiger partial charge in [0.1, 0.15) is 0 Å². The molecule has 2 heterocycles. The molecule has 3 N–H and O–H groups in total. The first-order chi connectivity index (χ1) is 16.0. The van der Waals surface area contributed by atoms with Gasteiger partial charge in [-0.3, -0.25) is 9.69 Å². The highest BCUT2D eigenvalue weighted by Gasteiger charge is 2.23. The second-order valence-electron chi connectivity index (χ2n) is 9.43. The van der Waals surface area contributed by atoms with Crippen LogP contribution in [0.3, 0.4) is 0 Å². The molecule has 0 atom stereocenters. The van der Waals surface area contributed by atoms with Gasteiger partial charge in [-0.2, -0.15) is 5.10 Å². The van der Waals surface area contributed by atoms with Gasteiger partial charge < -0.3 is 11.1 Å². The fourth-order valence-corrected chi connectivity index (χ4v) is 4.65. The number of nitrogens with one attached hydrogen (secondary N) is 1. The van der Waals surface area contributed by atoms with Gasteiger partial charge in [0.05, 0.1) is 24.5 Å². The van der Waals surface area contributed by atoms with Crippen molar-refractivity contribution in [2.24, 2.45) is 5.92 Å². The Hall–Kier alpha value is -3.12. The molecule has 0 spiro atoms. The fraction of sp³-hybridized carbons (Fsp3) is 0.407. The number of piperidine rings is 1. The third kappa shape index (κ3) is 6.02. The number of rotatable bonds is 8. The highest BCUT2D eigenvalue weighted by molar-refractivity contribution is 5.78. The lowest BCUT2D eigenvalue weighted by atomic mass is 9.88. The van der Waals surface area contributed by atoms with E-state index < -0.39 is 0 Å². The molecule has 1 aliphatic heterocycles. The summed E-state index contributed by atoms with van der Waals surface area (Å²) >= 11 is 0. The Bertz CT molecular complexity index is 1050. The molecule has 1 saturated heterocycles. The maximum atomic E-state index is 12.6. The predicted molar refractivity (Wildman–Crippen MR) is 133 cm³/mol. The van der Waals surface area contributed by atoms with Gasteiger partial charge in [0.25, 0.3) is 0 Å². The smallest absolute Gasteiger partial charge is 0.234 e. The molecule has 0 bridgehead atoms. The summed E-state index contributed by atoms with van der Waals surface area (Å²) in [5.74, 6) is 1.06. The molecule has 3 aromatic rings. The Morgan fingerprint density at radius 3 is 2.48 bits per heavy atom. The number of nitrogens with zero attached hydrogens (tertiary/aromatic N) is 3. The Kier molecular flexibility index (Phi) is 7.45. The Balaban J connectivity index is 1.30. The van der Waals surface area contributed by atoms with E-state index in [1.807, 2.05) is 35.0 Å². The van der Waals surface area contributed by atoms with Crippen LogP contribution in [0.1, 0.15) is 49.6 Å². The summed E-state index contributed by atoms with van der Waals surface area (Å²) in [4.78, 5) is 14.9. The first-order valence-corrected chi connectivity index (χ1v) is 12.0. The molecule has 174 valence electrons. The zero-order chi connectivity index (χ0) is 23.2. The van der Waals surface area contributed by atoms with Crippen molar-refractivity contribution in [1.82, 2.24) is 20.0 Å². The number of nitrogens with two attached hydrogens (primary N) is 1. The van der Waals surface area contributed by atoms with Crippen molar-refractivity contribution in [3.05, 3.63) is 77.6 Å².